The summed E-state index contributed by atoms with van der Waals surface area (Å²) in [7, 11) is 1.96. The summed E-state index contributed by atoms with van der Waals surface area (Å²) in [4.78, 5) is 47.5. The number of alkyl halides is 3. The van der Waals surface area contributed by atoms with Crippen molar-refractivity contribution in [2.45, 2.75) is 25.6 Å². The number of likely N-dealkylation sites (N-methyl/N-ethyl adjacent to an activating group) is 1. The van der Waals surface area contributed by atoms with Gasteiger partial charge in [-0.3, -0.25) is 10.1 Å². The van der Waals surface area contributed by atoms with Crippen LogP contribution in [-0.2, 0) is 6.18 Å². The van der Waals surface area contributed by atoms with Gasteiger partial charge in [-0.2, -0.15) is 13.2 Å². The van der Waals surface area contributed by atoms with Crippen LogP contribution in [0.1, 0.15) is 35.4 Å². The van der Waals surface area contributed by atoms with E-state index in [1.165, 1.54) is 24.5 Å². The van der Waals surface area contributed by atoms with Crippen LogP contribution in [0.4, 0.5) is 23.8 Å². The number of hydrogen-bond donors (Lipinski definition) is 3. The average molecular weight is 587 g/mol. The molecule has 3 aromatic heterocycles. The van der Waals surface area contributed by atoms with Crippen molar-refractivity contribution < 1.29 is 27.9 Å². The van der Waals surface area contributed by atoms with Gasteiger partial charge in [0.15, 0.2) is 5.69 Å². The minimum atomic E-state index is -4.65. The molecular formula is C27H25F3N6O4S. The lowest BCUT2D eigenvalue weighted by Gasteiger charge is -2.20. The zero-order chi connectivity index (χ0) is 29.5. The van der Waals surface area contributed by atoms with Gasteiger partial charge >= 0.3 is 18.2 Å². The summed E-state index contributed by atoms with van der Waals surface area (Å²) in [5.74, 6) is -1.27. The van der Waals surface area contributed by atoms with E-state index in [2.05, 4.69) is 25.5 Å². The molecule has 2 amide bonds. The minimum absolute atomic E-state index is 0.0273. The molecule has 4 heterocycles. The molecule has 0 unspecified atom stereocenters. The number of aromatic nitrogens is 3. The summed E-state index contributed by atoms with van der Waals surface area (Å²) >= 11 is 0.773. The number of aromatic carboxylic acids is 1. The van der Waals surface area contributed by atoms with E-state index in [1.54, 1.807) is 19.1 Å². The molecule has 1 aliphatic heterocycles. The van der Waals surface area contributed by atoms with E-state index in [0.29, 0.717) is 29.7 Å². The summed E-state index contributed by atoms with van der Waals surface area (Å²) in [6.45, 7) is 3.57. The predicted octanol–water partition coefficient (Wildman–Crippen LogP) is 4.92. The van der Waals surface area contributed by atoms with Crippen molar-refractivity contribution in [3.8, 4) is 21.7 Å². The molecule has 0 radical (unpaired) electrons. The molecule has 4 aromatic rings. The molecule has 41 heavy (non-hydrogen) atoms. The Morgan fingerprint density at radius 2 is 2.00 bits per heavy atom. The van der Waals surface area contributed by atoms with Gasteiger partial charge in [-0.25, -0.2) is 19.6 Å². The number of carbonyl (C=O) groups is 2. The number of likely N-dealkylation sites (tertiary alicyclic amines) is 1. The van der Waals surface area contributed by atoms with Gasteiger partial charge in [-0.1, -0.05) is 6.07 Å². The maximum Gasteiger partial charge on any atom is 0.434 e. The fraction of sp³-hybridized carbons (Fsp3) is 0.296. The quantitative estimate of drug-likeness (QED) is 0.292. The first-order chi connectivity index (χ1) is 19.5. The van der Waals surface area contributed by atoms with Crippen LogP contribution in [0.15, 0.2) is 46.8 Å². The highest BCUT2D eigenvalue weighted by molar-refractivity contribution is 7.13. The van der Waals surface area contributed by atoms with E-state index in [9.17, 15) is 32.7 Å². The Kier molecular flexibility index (Phi) is 7.53. The monoisotopic (exact) mass is 586 g/mol. The van der Waals surface area contributed by atoms with Crippen molar-refractivity contribution in [3.05, 3.63) is 63.5 Å². The van der Waals surface area contributed by atoms with Gasteiger partial charge in [0, 0.05) is 53.4 Å². The van der Waals surface area contributed by atoms with Crippen LogP contribution >= 0.6 is 11.3 Å². The maximum absolute atomic E-state index is 13.4. The van der Waals surface area contributed by atoms with E-state index in [4.69, 9.17) is 0 Å². The Labute approximate surface area is 235 Å². The number of fused-ring (bicyclic) bond motifs is 1. The van der Waals surface area contributed by atoms with Crippen molar-refractivity contribution >= 4 is 40.1 Å². The summed E-state index contributed by atoms with van der Waals surface area (Å²) in [5, 5.41) is 15.9. The number of amides is 2. The van der Waals surface area contributed by atoms with Gasteiger partial charge in [0.2, 0.25) is 5.43 Å². The fourth-order valence-corrected chi connectivity index (χ4v) is 5.75. The Hall–Kier alpha value is -4.30. The van der Waals surface area contributed by atoms with Gasteiger partial charge in [0.1, 0.15) is 16.4 Å². The number of rotatable bonds is 6. The Morgan fingerprint density at radius 1 is 1.22 bits per heavy atom. The first kappa shape index (κ1) is 28.2. The number of urea groups is 1. The third kappa shape index (κ3) is 5.65. The van der Waals surface area contributed by atoms with Crippen LogP contribution in [0, 0.1) is 0 Å². The van der Waals surface area contributed by atoms with E-state index < -0.39 is 29.3 Å². The molecule has 1 aliphatic rings. The third-order valence-corrected chi connectivity index (χ3v) is 7.72. The first-order valence-corrected chi connectivity index (χ1v) is 13.5. The van der Waals surface area contributed by atoms with Crippen molar-refractivity contribution in [2.24, 2.45) is 0 Å². The van der Waals surface area contributed by atoms with Crippen LogP contribution in [0.25, 0.3) is 32.6 Å². The fourth-order valence-electron chi connectivity index (χ4n) is 4.90. The summed E-state index contributed by atoms with van der Waals surface area (Å²) in [5.41, 5.74) is -0.548. The lowest BCUT2D eigenvalue weighted by atomic mass is 9.99. The molecular weight excluding hydrogens is 561 g/mol. The highest BCUT2D eigenvalue weighted by Gasteiger charge is 2.34. The zero-order valence-electron chi connectivity index (χ0n) is 22.0. The van der Waals surface area contributed by atoms with Gasteiger partial charge in [0.25, 0.3) is 0 Å². The minimum Gasteiger partial charge on any atom is -0.477 e. The molecule has 214 valence electrons. The summed E-state index contributed by atoms with van der Waals surface area (Å²) in [6.07, 6.45) is -1.13. The number of carboxylic acids is 1. The Balaban J connectivity index is 1.69. The molecule has 10 nitrogen and oxygen atoms in total. The van der Waals surface area contributed by atoms with Crippen molar-refractivity contribution in [3.63, 3.8) is 0 Å². The van der Waals surface area contributed by atoms with E-state index in [1.807, 2.05) is 11.6 Å². The largest absolute Gasteiger partial charge is 0.477 e. The van der Waals surface area contributed by atoms with Crippen molar-refractivity contribution in [2.75, 3.05) is 32.0 Å². The van der Waals surface area contributed by atoms with Crippen LogP contribution < -0.4 is 16.1 Å². The molecule has 0 bridgehead atoms. The molecule has 14 heteroatoms. The highest BCUT2D eigenvalue weighted by Crippen LogP contribution is 2.39. The molecule has 0 spiro atoms. The van der Waals surface area contributed by atoms with E-state index in [0.717, 1.165) is 29.7 Å². The molecule has 1 aromatic carbocycles. The molecule has 5 rings (SSSR count). The van der Waals surface area contributed by atoms with Crippen LogP contribution in [-0.4, -0.2) is 63.2 Å². The highest BCUT2D eigenvalue weighted by atomic mass is 32.1. The second-order valence-corrected chi connectivity index (χ2v) is 10.5. The standard InChI is InChI=1S/C27H25F3N6O4S/c1-3-31-26(40)34-22-9-16(24-33-21(13-41-24)27(28,29)30)18(10-32-22)14-4-5-20-17(8-14)23(37)19(25(38)39)12-36(20)15-6-7-35(2)11-15/h4-5,8-10,12-13,15H,3,6-7,11H2,1-2H3,(H,38,39)(H2,31,32,34,40)/t15-/m1/s1. The average Bonchev–Trinajstić information content (AvgIpc) is 3.58. The lowest BCUT2D eigenvalue weighted by Crippen LogP contribution is -2.28. The Morgan fingerprint density at radius 3 is 2.63 bits per heavy atom. The molecule has 1 saturated heterocycles. The first-order valence-electron chi connectivity index (χ1n) is 12.7. The number of carbonyl (C=O) groups excluding carboxylic acids is 1. The van der Waals surface area contributed by atoms with Crippen LogP contribution in [0.5, 0.6) is 0 Å². The second-order valence-electron chi connectivity index (χ2n) is 9.66. The van der Waals surface area contributed by atoms with Gasteiger partial charge in [-0.15, -0.1) is 11.3 Å². The number of nitrogens with zero attached hydrogens (tertiary/aromatic N) is 4. The lowest BCUT2D eigenvalue weighted by molar-refractivity contribution is -0.140. The molecule has 0 saturated carbocycles. The van der Waals surface area contributed by atoms with E-state index in [-0.39, 0.29) is 33.4 Å². The summed E-state index contributed by atoms with van der Waals surface area (Å²) in [6, 6.07) is 5.75. The smallest absolute Gasteiger partial charge is 0.434 e. The maximum atomic E-state index is 13.4. The zero-order valence-corrected chi connectivity index (χ0v) is 22.8. The molecule has 1 fully saturated rings. The van der Waals surface area contributed by atoms with Crippen molar-refractivity contribution in [1.29, 1.82) is 0 Å². The van der Waals surface area contributed by atoms with Crippen LogP contribution in [0.3, 0.4) is 0 Å². The normalized spacial score (nSPS) is 15.8. The third-order valence-electron chi connectivity index (χ3n) is 6.84. The number of anilines is 1. The second kappa shape index (κ2) is 10.9. The number of nitrogens with one attached hydrogen (secondary N) is 2. The number of carboxylic acid groups (broad SMARTS) is 1. The van der Waals surface area contributed by atoms with Gasteiger partial charge < -0.3 is 19.9 Å². The number of benzene rings is 1. The van der Waals surface area contributed by atoms with E-state index >= 15 is 0 Å². The number of thiazole rings is 1. The Bertz CT molecular complexity index is 1720. The topological polar surface area (TPSA) is 129 Å². The number of hydrogen-bond acceptors (Lipinski definition) is 7. The van der Waals surface area contributed by atoms with Gasteiger partial charge in [-0.05, 0) is 50.7 Å². The molecule has 1 atom stereocenters. The molecule has 0 aliphatic carbocycles. The number of halogens is 3. The summed E-state index contributed by atoms with van der Waals surface area (Å²) < 4.78 is 41.9. The van der Waals surface area contributed by atoms with Gasteiger partial charge in [0.05, 0.1) is 5.52 Å². The number of pyridine rings is 2. The van der Waals surface area contributed by atoms with Crippen LogP contribution in [0.2, 0.25) is 0 Å². The van der Waals surface area contributed by atoms with Crippen molar-refractivity contribution in [1.82, 2.24) is 24.8 Å². The predicted molar refractivity (Wildman–Crippen MR) is 148 cm³/mol. The SMILES string of the molecule is CCNC(=O)Nc1cc(-c2nc(C(F)(F)F)cs2)c(-c2ccc3c(c2)c(=O)c(C(=O)O)cn3[C@@H]2CCN(C)C2)cn1. The molecule has 3 N–H and O–H groups in total.